The summed E-state index contributed by atoms with van der Waals surface area (Å²) in [5.41, 5.74) is 0.871. The van der Waals surface area contributed by atoms with Crippen LogP contribution in [-0.4, -0.2) is 14.5 Å². The van der Waals surface area contributed by atoms with E-state index in [0.29, 0.717) is 18.2 Å². The van der Waals surface area contributed by atoms with Gasteiger partial charge in [-0.1, -0.05) is 18.2 Å². The second-order valence-corrected chi connectivity index (χ2v) is 4.97. The minimum absolute atomic E-state index is 0.312. The number of anilines is 1. The minimum Gasteiger partial charge on any atom is -0.508 e. The van der Waals surface area contributed by atoms with Crippen LogP contribution < -0.4 is 5.32 Å². The molecule has 2 N–H and O–H groups in total. The zero-order valence-electron chi connectivity index (χ0n) is 9.26. The van der Waals surface area contributed by atoms with Crippen LogP contribution in [0.5, 0.6) is 5.75 Å². The maximum absolute atomic E-state index is 9.62. The normalized spacial score (nSPS) is 14.8. The summed E-state index contributed by atoms with van der Waals surface area (Å²) in [5.74, 6) is 1.87. The van der Waals surface area contributed by atoms with Crippen LogP contribution in [0.15, 0.2) is 24.3 Å². The second-order valence-electron chi connectivity index (χ2n) is 4.21. The number of aromatic nitrogens is 2. The van der Waals surface area contributed by atoms with Crippen molar-refractivity contribution in [2.45, 2.75) is 25.3 Å². The van der Waals surface area contributed by atoms with Gasteiger partial charge in [-0.25, -0.2) is 4.98 Å². The maximum Gasteiger partial charge on any atom is 0.202 e. The van der Waals surface area contributed by atoms with Crippen LogP contribution in [0.4, 0.5) is 5.13 Å². The number of nitrogens with one attached hydrogen (secondary N) is 1. The molecule has 1 aromatic heterocycles. The lowest BCUT2D eigenvalue weighted by atomic mass is 10.2. The zero-order valence-corrected chi connectivity index (χ0v) is 10.1. The predicted octanol–water partition coefficient (Wildman–Crippen LogP) is 2.73. The molecule has 5 heteroatoms. The van der Waals surface area contributed by atoms with E-state index in [1.165, 1.54) is 24.4 Å². The van der Waals surface area contributed by atoms with Crippen molar-refractivity contribution in [2.24, 2.45) is 0 Å². The molecule has 3 rings (SSSR count). The maximum atomic E-state index is 9.62. The Morgan fingerprint density at radius 2 is 2.18 bits per heavy atom. The Hall–Kier alpha value is -1.62. The number of phenols is 1. The Morgan fingerprint density at radius 3 is 2.94 bits per heavy atom. The summed E-state index contributed by atoms with van der Waals surface area (Å²) < 4.78 is 4.32. The third-order valence-corrected chi connectivity index (χ3v) is 3.49. The van der Waals surface area contributed by atoms with Crippen LogP contribution in [0.2, 0.25) is 0 Å². The molecule has 17 heavy (non-hydrogen) atoms. The lowest BCUT2D eigenvalue weighted by Crippen LogP contribution is -1.99. The fraction of sp³-hybridized carbons (Fsp3) is 0.333. The summed E-state index contributed by atoms with van der Waals surface area (Å²) in [6.45, 7) is 0.575. The van der Waals surface area contributed by atoms with Crippen molar-refractivity contribution in [3.8, 4) is 5.75 Å². The van der Waals surface area contributed by atoms with Gasteiger partial charge in [0.05, 0.1) is 0 Å². The SMILES string of the molecule is Oc1ccccc1CNc1nc(C2CC2)ns1. The fourth-order valence-corrected chi connectivity index (χ4v) is 2.29. The number of aromatic hydroxyl groups is 1. The van der Waals surface area contributed by atoms with Gasteiger partial charge in [0.15, 0.2) is 0 Å². The van der Waals surface area contributed by atoms with Crippen molar-refractivity contribution < 1.29 is 5.11 Å². The first kappa shape index (κ1) is 10.5. The molecule has 1 aliphatic rings. The van der Waals surface area contributed by atoms with E-state index in [0.717, 1.165) is 16.5 Å². The van der Waals surface area contributed by atoms with Gasteiger partial charge >= 0.3 is 0 Å². The van der Waals surface area contributed by atoms with Gasteiger partial charge in [-0.3, -0.25) is 0 Å². The molecule has 1 heterocycles. The lowest BCUT2D eigenvalue weighted by Gasteiger charge is -2.04. The first-order valence-corrected chi connectivity index (χ1v) is 6.44. The van der Waals surface area contributed by atoms with E-state index < -0.39 is 0 Å². The average Bonchev–Trinajstić information content (AvgIpc) is 3.08. The van der Waals surface area contributed by atoms with Gasteiger partial charge in [-0.2, -0.15) is 4.37 Å². The number of phenolic OH excluding ortho intramolecular Hbond substituents is 1. The van der Waals surface area contributed by atoms with E-state index >= 15 is 0 Å². The zero-order chi connectivity index (χ0) is 11.7. The van der Waals surface area contributed by atoms with E-state index in [1.807, 2.05) is 18.2 Å². The Kier molecular flexibility index (Phi) is 2.68. The van der Waals surface area contributed by atoms with Crippen molar-refractivity contribution in [1.82, 2.24) is 9.36 Å². The standard InChI is InChI=1S/C12H13N3OS/c16-10-4-2-1-3-9(10)7-13-12-14-11(15-17-12)8-5-6-8/h1-4,8,16H,5-7H2,(H,13,14,15). The Labute approximate surface area is 104 Å². The molecule has 0 spiro atoms. The number of benzene rings is 1. The van der Waals surface area contributed by atoms with Crippen molar-refractivity contribution in [3.63, 3.8) is 0 Å². The van der Waals surface area contributed by atoms with Crippen molar-refractivity contribution in [3.05, 3.63) is 35.7 Å². The molecule has 0 unspecified atom stereocenters. The first-order valence-electron chi connectivity index (χ1n) is 5.67. The summed E-state index contributed by atoms with van der Waals surface area (Å²) in [5, 5.41) is 13.6. The molecule has 0 radical (unpaired) electrons. The van der Waals surface area contributed by atoms with Gasteiger partial charge in [-0.15, -0.1) is 0 Å². The first-order chi connectivity index (χ1) is 8.33. The predicted molar refractivity (Wildman–Crippen MR) is 67.3 cm³/mol. The van der Waals surface area contributed by atoms with Crippen molar-refractivity contribution in [2.75, 3.05) is 5.32 Å². The number of para-hydroxylation sites is 1. The molecule has 0 amide bonds. The lowest BCUT2D eigenvalue weighted by molar-refractivity contribution is 0.469. The summed E-state index contributed by atoms with van der Waals surface area (Å²) in [6.07, 6.45) is 2.44. The largest absolute Gasteiger partial charge is 0.508 e. The summed E-state index contributed by atoms with van der Waals surface area (Å²) in [6, 6.07) is 7.30. The quantitative estimate of drug-likeness (QED) is 0.872. The van der Waals surface area contributed by atoms with Crippen LogP contribution in [-0.2, 0) is 6.54 Å². The Balaban J connectivity index is 1.65. The average molecular weight is 247 g/mol. The third-order valence-electron chi connectivity index (χ3n) is 2.81. The highest BCUT2D eigenvalue weighted by Gasteiger charge is 2.27. The van der Waals surface area contributed by atoms with E-state index in [9.17, 15) is 5.11 Å². The molecule has 1 saturated carbocycles. The summed E-state index contributed by atoms with van der Waals surface area (Å²) in [7, 11) is 0. The molecule has 1 aromatic carbocycles. The van der Waals surface area contributed by atoms with Crippen LogP contribution in [0, 0.1) is 0 Å². The van der Waals surface area contributed by atoms with Crippen molar-refractivity contribution >= 4 is 16.7 Å². The smallest absolute Gasteiger partial charge is 0.202 e. The minimum atomic E-state index is 0.312. The highest BCUT2D eigenvalue weighted by Crippen LogP contribution is 2.39. The number of rotatable bonds is 4. The Bertz CT molecular complexity index is 522. The molecule has 0 atom stereocenters. The second kappa shape index (κ2) is 4.33. The summed E-state index contributed by atoms with van der Waals surface area (Å²) in [4.78, 5) is 4.43. The highest BCUT2D eigenvalue weighted by atomic mass is 32.1. The van der Waals surface area contributed by atoms with Gasteiger partial charge in [0.25, 0.3) is 0 Å². The number of nitrogens with zero attached hydrogens (tertiary/aromatic N) is 2. The molecule has 0 aliphatic heterocycles. The topological polar surface area (TPSA) is 58.0 Å². The van der Waals surface area contributed by atoms with Gasteiger partial charge in [-0.05, 0) is 18.9 Å². The Morgan fingerprint density at radius 1 is 1.35 bits per heavy atom. The number of hydrogen-bond donors (Lipinski definition) is 2. The number of hydrogen-bond acceptors (Lipinski definition) is 5. The monoisotopic (exact) mass is 247 g/mol. The van der Waals surface area contributed by atoms with Crippen molar-refractivity contribution in [1.29, 1.82) is 0 Å². The molecule has 0 saturated heterocycles. The molecule has 0 bridgehead atoms. The van der Waals surface area contributed by atoms with E-state index in [-0.39, 0.29) is 0 Å². The third kappa shape index (κ3) is 2.39. The molecule has 1 fully saturated rings. The fourth-order valence-electron chi connectivity index (χ4n) is 1.65. The van der Waals surface area contributed by atoms with Gasteiger partial charge < -0.3 is 10.4 Å². The summed E-state index contributed by atoms with van der Waals surface area (Å²) >= 11 is 1.39. The molecule has 1 aliphatic carbocycles. The molecular weight excluding hydrogens is 234 g/mol. The van der Waals surface area contributed by atoms with Crippen LogP contribution in [0.25, 0.3) is 0 Å². The van der Waals surface area contributed by atoms with Crippen LogP contribution in [0.3, 0.4) is 0 Å². The van der Waals surface area contributed by atoms with E-state index in [2.05, 4.69) is 14.7 Å². The van der Waals surface area contributed by atoms with E-state index in [1.54, 1.807) is 6.07 Å². The van der Waals surface area contributed by atoms with Crippen LogP contribution >= 0.6 is 11.5 Å². The molecule has 4 nitrogen and oxygen atoms in total. The van der Waals surface area contributed by atoms with Crippen LogP contribution in [0.1, 0.15) is 30.1 Å². The molecule has 2 aromatic rings. The van der Waals surface area contributed by atoms with E-state index in [4.69, 9.17) is 0 Å². The van der Waals surface area contributed by atoms with Gasteiger partial charge in [0.2, 0.25) is 5.13 Å². The van der Waals surface area contributed by atoms with Gasteiger partial charge in [0.1, 0.15) is 11.6 Å². The highest BCUT2D eigenvalue weighted by molar-refractivity contribution is 7.09. The molecular formula is C12H13N3OS. The van der Waals surface area contributed by atoms with Gasteiger partial charge in [0, 0.05) is 29.6 Å². The molecule has 88 valence electrons.